The first-order valence-corrected chi connectivity index (χ1v) is 7.75. The second-order valence-corrected chi connectivity index (χ2v) is 7.31. The van der Waals surface area contributed by atoms with Gasteiger partial charge in [0.05, 0.1) is 10.5 Å². The first-order chi connectivity index (χ1) is 7.21. The van der Waals surface area contributed by atoms with E-state index in [1.807, 2.05) is 0 Å². The third kappa shape index (κ3) is 2.53. The summed E-state index contributed by atoms with van der Waals surface area (Å²) >= 11 is 0. The van der Waals surface area contributed by atoms with Crippen molar-refractivity contribution in [2.45, 2.75) is 55.4 Å². The minimum absolute atomic E-state index is 0.0133. The number of hydrogen-bond acceptors (Lipinski definition) is 3. The first-order valence-electron chi connectivity index (χ1n) is 6.14. The van der Waals surface area contributed by atoms with Crippen LogP contribution in [0.2, 0.25) is 0 Å². The van der Waals surface area contributed by atoms with E-state index < -0.39 is 9.84 Å². The van der Waals surface area contributed by atoms with Crippen molar-refractivity contribution in [2.75, 3.05) is 13.1 Å². The zero-order valence-electron chi connectivity index (χ0n) is 9.24. The van der Waals surface area contributed by atoms with E-state index >= 15 is 0 Å². The Morgan fingerprint density at radius 3 is 2.13 bits per heavy atom. The third-order valence-corrected chi connectivity index (χ3v) is 6.56. The lowest BCUT2D eigenvalue weighted by Gasteiger charge is -2.19. The van der Waals surface area contributed by atoms with E-state index in [1.54, 1.807) is 0 Å². The molecule has 0 amide bonds. The molecule has 0 aromatic heterocycles. The van der Waals surface area contributed by atoms with Gasteiger partial charge in [-0.1, -0.05) is 12.8 Å². The molecule has 1 N–H and O–H groups in total. The van der Waals surface area contributed by atoms with Crippen LogP contribution in [0.3, 0.4) is 0 Å². The quantitative estimate of drug-likeness (QED) is 0.783. The second-order valence-electron chi connectivity index (χ2n) is 4.80. The molecule has 1 aliphatic heterocycles. The standard InChI is InChI=1S/C11H21NO2S/c13-15(14,10-4-1-2-5-10)11-6-3-8-12-9-7-11/h10-12H,1-9H2. The molecule has 2 rings (SSSR count). The van der Waals surface area contributed by atoms with E-state index in [9.17, 15) is 8.42 Å². The molecule has 1 aliphatic carbocycles. The van der Waals surface area contributed by atoms with Crippen LogP contribution in [0.1, 0.15) is 44.9 Å². The van der Waals surface area contributed by atoms with Crippen LogP contribution < -0.4 is 5.32 Å². The zero-order chi connectivity index (χ0) is 10.7. The average molecular weight is 231 g/mol. The fraction of sp³-hybridized carbons (Fsp3) is 1.00. The van der Waals surface area contributed by atoms with Gasteiger partial charge in [-0.25, -0.2) is 8.42 Å². The molecule has 0 aromatic rings. The molecule has 0 spiro atoms. The summed E-state index contributed by atoms with van der Waals surface area (Å²) in [5.41, 5.74) is 0. The predicted octanol–water partition coefficient (Wildman–Crippen LogP) is 1.49. The molecule has 2 aliphatic rings. The SMILES string of the molecule is O=S(=O)(C1CCCC1)C1CCCNCC1. The van der Waals surface area contributed by atoms with Crippen LogP contribution in [0.15, 0.2) is 0 Å². The molecule has 4 heteroatoms. The van der Waals surface area contributed by atoms with Crippen LogP contribution in [0, 0.1) is 0 Å². The summed E-state index contributed by atoms with van der Waals surface area (Å²) < 4.78 is 24.6. The summed E-state index contributed by atoms with van der Waals surface area (Å²) in [6.07, 6.45) is 6.73. The fourth-order valence-electron chi connectivity index (χ4n) is 2.80. The lowest BCUT2D eigenvalue weighted by molar-refractivity contribution is 0.550. The molecule has 1 saturated heterocycles. The number of sulfone groups is 1. The summed E-state index contributed by atoms with van der Waals surface area (Å²) in [6.45, 7) is 1.85. The molecular formula is C11H21NO2S. The molecule has 88 valence electrons. The van der Waals surface area contributed by atoms with Crippen LogP contribution >= 0.6 is 0 Å². The smallest absolute Gasteiger partial charge is 0.156 e. The van der Waals surface area contributed by atoms with Crippen LogP contribution in [0.4, 0.5) is 0 Å². The van der Waals surface area contributed by atoms with Gasteiger partial charge in [-0.3, -0.25) is 0 Å². The van der Waals surface area contributed by atoms with Crippen LogP contribution in [-0.4, -0.2) is 32.0 Å². The molecule has 1 atom stereocenters. The van der Waals surface area contributed by atoms with Crippen molar-refractivity contribution in [1.29, 1.82) is 0 Å². The predicted molar refractivity (Wildman–Crippen MR) is 61.7 cm³/mol. The molecule has 0 bridgehead atoms. The lowest BCUT2D eigenvalue weighted by Crippen LogP contribution is -2.31. The topological polar surface area (TPSA) is 46.2 Å². The summed E-state index contributed by atoms with van der Waals surface area (Å²) in [5.74, 6) is 0. The van der Waals surface area contributed by atoms with Crippen molar-refractivity contribution in [2.24, 2.45) is 0 Å². The van der Waals surface area contributed by atoms with Crippen molar-refractivity contribution >= 4 is 9.84 Å². The highest BCUT2D eigenvalue weighted by atomic mass is 32.2. The minimum atomic E-state index is -2.83. The number of hydrogen-bond donors (Lipinski definition) is 1. The number of nitrogens with one attached hydrogen (secondary N) is 1. The minimum Gasteiger partial charge on any atom is -0.317 e. The van der Waals surface area contributed by atoms with Gasteiger partial charge in [-0.05, 0) is 45.2 Å². The molecule has 15 heavy (non-hydrogen) atoms. The maximum atomic E-state index is 12.3. The molecule has 3 nitrogen and oxygen atoms in total. The van der Waals surface area contributed by atoms with E-state index in [-0.39, 0.29) is 10.5 Å². The highest BCUT2D eigenvalue weighted by molar-refractivity contribution is 7.92. The second kappa shape index (κ2) is 4.83. The van der Waals surface area contributed by atoms with Crippen LogP contribution in [0.5, 0.6) is 0 Å². The van der Waals surface area contributed by atoms with Gasteiger partial charge in [0.2, 0.25) is 0 Å². The number of rotatable bonds is 2. The first kappa shape index (κ1) is 11.4. The van der Waals surface area contributed by atoms with Crippen LogP contribution in [0.25, 0.3) is 0 Å². The molecule has 1 saturated carbocycles. The van der Waals surface area contributed by atoms with Gasteiger partial charge < -0.3 is 5.32 Å². The Hall–Kier alpha value is -0.0900. The van der Waals surface area contributed by atoms with Crippen molar-refractivity contribution in [3.63, 3.8) is 0 Å². The van der Waals surface area contributed by atoms with Gasteiger partial charge >= 0.3 is 0 Å². The Kier molecular flexibility index (Phi) is 3.67. The monoisotopic (exact) mass is 231 g/mol. The van der Waals surface area contributed by atoms with Crippen molar-refractivity contribution in [1.82, 2.24) is 5.32 Å². The molecule has 0 radical (unpaired) electrons. The van der Waals surface area contributed by atoms with Crippen molar-refractivity contribution < 1.29 is 8.42 Å². The van der Waals surface area contributed by atoms with Gasteiger partial charge in [0.1, 0.15) is 0 Å². The van der Waals surface area contributed by atoms with E-state index in [4.69, 9.17) is 0 Å². The van der Waals surface area contributed by atoms with Gasteiger partial charge in [-0.2, -0.15) is 0 Å². The summed E-state index contributed by atoms with van der Waals surface area (Å²) in [7, 11) is -2.83. The normalized spacial score (nSPS) is 30.3. The molecule has 0 aromatic carbocycles. The molecule has 1 heterocycles. The van der Waals surface area contributed by atoms with Gasteiger partial charge in [0.25, 0.3) is 0 Å². The fourth-order valence-corrected chi connectivity index (χ4v) is 5.28. The van der Waals surface area contributed by atoms with Gasteiger partial charge in [0.15, 0.2) is 9.84 Å². The van der Waals surface area contributed by atoms with Crippen LogP contribution in [-0.2, 0) is 9.84 Å². The Balaban J connectivity index is 2.05. The summed E-state index contributed by atoms with van der Waals surface area (Å²) in [5, 5.41) is 3.20. The van der Waals surface area contributed by atoms with Crippen molar-refractivity contribution in [3.8, 4) is 0 Å². The van der Waals surface area contributed by atoms with E-state index in [1.165, 1.54) is 0 Å². The maximum absolute atomic E-state index is 12.3. The highest BCUT2D eigenvalue weighted by Gasteiger charge is 2.35. The van der Waals surface area contributed by atoms with E-state index in [0.29, 0.717) is 0 Å². The van der Waals surface area contributed by atoms with E-state index in [0.717, 1.165) is 58.0 Å². The largest absolute Gasteiger partial charge is 0.317 e. The Morgan fingerprint density at radius 2 is 1.40 bits per heavy atom. The van der Waals surface area contributed by atoms with Gasteiger partial charge in [0, 0.05) is 0 Å². The lowest BCUT2D eigenvalue weighted by atomic mass is 10.2. The Morgan fingerprint density at radius 1 is 0.800 bits per heavy atom. The Labute approximate surface area is 92.6 Å². The summed E-state index contributed by atoms with van der Waals surface area (Å²) in [4.78, 5) is 0. The third-order valence-electron chi connectivity index (χ3n) is 3.75. The molecular weight excluding hydrogens is 210 g/mol. The summed E-state index contributed by atoms with van der Waals surface area (Å²) in [6, 6.07) is 0. The van der Waals surface area contributed by atoms with Gasteiger partial charge in [-0.15, -0.1) is 0 Å². The van der Waals surface area contributed by atoms with Crippen molar-refractivity contribution in [3.05, 3.63) is 0 Å². The molecule has 2 fully saturated rings. The Bertz CT molecular complexity index is 286. The molecule has 1 unspecified atom stereocenters. The van der Waals surface area contributed by atoms with E-state index in [2.05, 4.69) is 5.32 Å². The highest BCUT2D eigenvalue weighted by Crippen LogP contribution is 2.30. The maximum Gasteiger partial charge on any atom is 0.156 e. The zero-order valence-corrected chi connectivity index (χ0v) is 10.1. The average Bonchev–Trinajstić information content (AvgIpc) is 2.61.